The first-order valence-electron chi connectivity index (χ1n) is 6.18. The molecule has 3 saturated heterocycles. The Morgan fingerprint density at radius 1 is 0.941 bits per heavy atom. The molecule has 0 aliphatic carbocycles. The number of rotatable bonds is 0. The Morgan fingerprint density at radius 3 is 1.82 bits per heavy atom. The second-order valence-electron chi connectivity index (χ2n) is 5.44. The normalized spacial score (nSPS) is 34.2. The molecule has 96 valence electrons. The molecule has 0 unspecified atom stereocenters. The molecule has 3 heterocycles. The SMILES string of the molecule is C[Si](C)(C)C#C[Si]12OCCN(CCO1)CCO2. The van der Waals surface area contributed by atoms with Gasteiger partial charge in [-0.25, -0.2) is 0 Å². The van der Waals surface area contributed by atoms with Gasteiger partial charge in [-0.05, 0) is 5.54 Å². The van der Waals surface area contributed by atoms with Crippen LogP contribution in [0.2, 0.25) is 19.6 Å². The number of nitrogens with zero attached hydrogens (tertiary/aromatic N) is 1. The maximum Gasteiger partial charge on any atom is 0.591 e. The fourth-order valence-electron chi connectivity index (χ4n) is 1.76. The van der Waals surface area contributed by atoms with E-state index in [9.17, 15) is 0 Å². The summed E-state index contributed by atoms with van der Waals surface area (Å²) >= 11 is 0. The third-order valence-corrected chi connectivity index (χ3v) is 6.00. The van der Waals surface area contributed by atoms with Gasteiger partial charge in [0.1, 0.15) is 8.07 Å². The summed E-state index contributed by atoms with van der Waals surface area (Å²) in [7, 11) is -4.10. The van der Waals surface area contributed by atoms with E-state index in [1.54, 1.807) is 0 Å². The molecule has 3 rings (SSSR count). The highest BCUT2D eigenvalue weighted by molar-refractivity contribution is 6.85. The first kappa shape index (κ1) is 13.3. The molecule has 6 heteroatoms. The zero-order chi connectivity index (χ0) is 12.4. The Bertz CT molecular complexity index is 305. The van der Waals surface area contributed by atoms with Crippen molar-refractivity contribution in [2.45, 2.75) is 19.6 Å². The smallest absolute Gasteiger partial charge is 0.363 e. The van der Waals surface area contributed by atoms with Gasteiger partial charge in [-0.3, -0.25) is 4.90 Å². The average Bonchev–Trinajstić information content (AvgIpc) is 2.12. The van der Waals surface area contributed by atoms with Crippen LogP contribution in [0.4, 0.5) is 0 Å². The molecule has 0 aromatic heterocycles. The van der Waals surface area contributed by atoms with Gasteiger partial charge in [0.2, 0.25) is 0 Å². The zero-order valence-electron chi connectivity index (χ0n) is 10.9. The molecule has 0 amide bonds. The summed E-state index contributed by atoms with van der Waals surface area (Å²) in [5, 5.41) is 0. The van der Waals surface area contributed by atoms with Crippen LogP contribution in [0.1, 0.15) is 0 Å². The van der Waals surface area contributed by atoms with Crippen LogP contribution in [0.15, 0.2) is 0 Å². The van der Waals surface area contributed by atoms with Gasteiger partial charge < -0.3 is 13.3 Å². The van der Waals surface area contributed by atoms with E-state index in [0.717, 1.165) is 19.6 Å². The summed E-state index contributed by atoms with van der Waals surface area (Å²) in [5.74, 6) is 0. The predicted molar refractivity (Wildman–Crippen MR) is 71.2 cm³/mol. The molecular weight excluding hydrogens is 250 g/mol. The van der Waals surface area contributed by atoms with E-state index in [4.69, 9.17) is 13.3 Å². The Labute approximate surface area is 106 Å². The van der Waals surface area contributed by atoms with E-state index in [0.29, 0.717) is 19.8 Å². The van der Waals surface area contributed by atoms with E-state index in [1.807, 2.05) is 0 Å². The molecule has 3 aliphatic rings. The predicted octanol–water partition coefficient (Wildman–Crippen LogP) is 0.724. The van der Waals surface area contributed by atoms with Crippen LogP contribution in [-0.2, 0) is 13.3 Å². The lowest BCUT2D eigenvalue weighted by Gasteiger charge is -2.35. The molecule has 17 heavy (non-hydrogen) atoms. The summed E-state index contributed by atoms with van der Waals surface area (Å²) in [6.07, 6.45) is 0. The molecular formula is C11H21NO3Si2. The van der Waals surface area contributed by atoms with Gasteiger partial charge in [0.25, 0.3) is 0 Å². The van der Waals surface area contributed by atoms with E-state index in [-0.39, 0.29) is 0 Å². The zero-order valence-corrected chi connectivity index (χ0v) is 12.9. The quantitative estimate of drug-likeness (QED) is 0.480. The number of fused-ring (bicyclic) bond motifs is 6. The molecule has 4 nitrogen and oxygen atoms in total. The second kappa shape index (κ2) is 5.22. The van der Waals surface area contributed by atoms with Crippen molar-refractivity contribution in [2.24, 2.45) is 0 Å². The van der Waals surface area contributed by atoms with Crippen LogP contribution in [-0.4, -0.2) is 61.2 Å². The highest BCUT2D eigenvalue weighted by Crippen LogP contribution is 2.15. The Kier molecular flexibility index (Phi) is 4.07. The van der Waals surface area contributed by atoms with Crippen molar-refractivity contribution >= 4 is 16.9 Å². The van der Waals surface area contributed by atoms with Crippen molar-refractivity contribution in [3.8, 4) is 11.1 Å². The highest BCUT2D eigenvalue weighted by atomic mass is 28.4. The van der Waals surface area contributed by atoms with Gasteiger partial charge in [-0.1, -0.05) is 19.6 Å². The van der Waals surface area contributed by atoms with Crippen LogP contribution in [0.3, 0.4) is 0 Å². The largest absolute Gasteiger partial charge is 0.591 e. The molecule has 0 atom stereocenters. The molecule has 0 radical (unpaired) electrons. The lowest BCUT2D eigenvalue weighted by Crippen LogP contribution is -2.54. The van der Waals surface area contributed by atoms with Crippen molar-refractivity contribution in [3.05, 3.63) is 0 Å². The van der Waals surface area contributed by atoms with Gasteiger partial charge in [-0.15, -0.1) is 5.54 Å². The summed E-state index contributed by atoms with van der Waals surface area (Å²) in [6, 6.07) is 0. The molecule has 3 aliphatic heterocycles. The fourth-order valence-corrected chi connectivity index (χ4v) is 5.42. The molecule has 0 aromatic rings. The average molecular weight is 271 g/mol. The Balaban J connectivity index is 2.16. The summed E-state index contributed by atoms with van der Waals surface area (Å²) in [4.78, 5) is 2.31. The van der Waals surface area contributed by atoms with Gasteiger partial charge in [-0.2, -0.15) is 0 Å². The lowest BCUT2D eigenvalue weighted by molar-refractivity contribution is 0.00215. The fraction of sp³-hybridized carbons (Fsp3) is 0.818. The molecule has 3 fully saturated rings. The molecule has 2 bridgehead atoms. The molecule has 0 N–H and O–H groups in total. The maximum atomic E-state index is 5.84. The standard InChI is InChI=1S/C11H21NO3Si2/c1-16(2,3)10-11-17-13-7-4-12(5-8-14-17)6-9-15-17/h4-9H2,1-3H3. The lowest BCUT2D eigenvalue weighted by atomic mass is 10.4. The van der Waals surface area contributed by atoms with Crippen LogP contribution < -0.4 is 0 Å². The topological polar surface area (TPSA) is 30.9 Å². The van der Waals surface area contributed by atoms with E-state index in [2.05, 4.69) is 35.6 Å². The van der Waals surface area contributed by atoms with Crippen molar-refractivity contribution in [1.82, 2.24) is 4.90 Å². The second-order valence-corrected chi connectivity index (χ2v) is 12.4. The van der Waals surface area contributed by atoms with E-state index >= 15 is 0 Å². The minimum Gasteiger partial charge on any atom is -0.363 e. The van der Waals surface area contributed by atoms with Crippen molar-refractivity contribution in [3.63, 3.8) is 0 Å². The van der Waals surface area contributed by atoms with Crippen LogP contribution in [0.5, 0.6) is 0 Å². The first-order chi connectivity index (χ1) is 7.99. The van der Waals surface area contributed by atoms with Gasteiger partial charge in [0.15, 0.2) is 0 Å². The van der Waals surface area contributed by atoms with Gasteiger partial charge in [0, 0.05) is 19.6 Å². The third kappa shape index (κ3) is 3.91. The maximum absolute atomic E-state index is 5.84. The summed E-state index contributed by atoms with van der Waals surface area (Å²) < 4.78 is 17.5. The van der Waals surface area contributed by atoms with Crippen LogP contribution in [0.25, 0.3) is 0 Å². The molecule has 0 spiro atoms. The Hall–Kier alpha value is -0.166. The molecule has 0 saturated carbocycles. The summed E-state index contributed by atoms with van der Waals surface area (Å²) in [6.45, 7) is 11.6. The first-order valence-corrected chi connectivity index (χ1v) is 11.4. The number of hydrogen-bond donors (Lipinski definition) is 0. The van der Waals surface area contributed by atoms with Crippen molar-refractivity contribution < 1.29 is 13.3 Å². The third-order valence-electron chi connectivity index (χ3n) is 2.69. The monoisotopic (exact) mass is 271 g/mol. The summed E-state index contributed by atoms with van der Waals surface area (Å²) in [5.41, 5.74) is 6.58. The van der Waals surface area contributed by atoms with E-state index in [1.165, 1.54) is 0 Å². The number of hydrogen-bond acceptors (Lipinski definition) is 4. The van der Waals surface area contributed by atoms with E-state index < -0.39 is 16.9 Å². The minimum absolute atomic E-state index is 0.673. The van der Waals surface area contributed by atoms with Crippen molar-refractivity contribution in [1.29, 1.82) is 0 Å². The van der Waals surface area contributed by atoms with Crippen molar-refractivity contribution in [2.75, 3.05) is 39.5 Å². The van der Waals surface area contributed by atoms with Gasteiger partial charge >= 0.3 is 8.80 Å². The highest BCUT2D eigenvalue weighted by Gasteiger charge is 2.43. The van der Waals surface area contributed by atoms with Crippen LogP contribution >= 0.6 is 0 Å². The Morgan fingerprint density at radius 2 is 1.41 bits per heavy atom. The van der Waals surface area contributed by atoms with Crippen LogP contribution in [0, 0.1) is 11.1 Å². The molecule has 0 aromatic carbocycles. The van der Waals surface area contributed by atoms with Gasteiger partial charge in [0.05, 0.1) is 19.8 Å². The minimum atomic E-state index is -2.69.